The maximum absolute atomic E-state index is 14.2. The normalized spacial score (nSPS) is 15.3. The molecule has 0 radical (unpaired) electrons. The van der Waals surface area contributed by atoms with Gasteiger partial charge >= 0.3 is 0 Å². The van der Waals surface area contributed by atoms with E-state index in [4.69, 9.17) is 5.73 Å². The summed E-state index contributed by atoms with van der Waals surface area (Å²) >= 11 is 3.01. The highest BCUT2D eigenvalue weighted by Gasteiger charge is 2.21. The number of hydrogen-bond donors (Lipinski definition) is 1. The molecule has 1 aromatic carbocycles. The smallest absolute Gasteiger partial charge is 0.150 e. The van der Waals surface area contributed by atoms with Crippen molar-refractivity contribution in [2.75, 3.05) is 5.73 Å². The Labute approximate surface area is 118 Å². The molecule has 2 aromatic rings. The zero-order valence-electron chi connectivity index (χ0n) is 10.3. The topological polar surface area (TPSA) is 38.9 Å². The average Bonchev–Trinajstić information content (AvgIpc) is 2.61. The van der Waals surface area contributed by atoms with Crippen molar-refractivity contribution in [1.29, 1.82) is 0 Å². The third-order valence-electron chi connectivity index (χ3n) is 3.68. The number of pyridine rings is 1. The molecule has 2 nitrogen and oxygen atoms in total. The van der Waals surface area contributed by atoms with Crippen molar-refractivity contribution in [3.63, 3.8) is 0 Å². The van der Waals surface area contributed by atoms with E-state index in [2.05, 4.69) is 20.9 Å². The van der Waals surface area contributed by atoms with E-state index >= 15 is 0 Å². The first-order chi connectivity index (χ1) is 9.09. The Morgan fingerprint density at radius 3 is 2.68 bits per heavy atom. The third kappa shape index (κ3) is 2.00. The molecule has 0 spiro atoms. The molecule has 0 unspecified atom stereocenters. The van der Waals surface area contributed by atoms with Crippen LogP contribution in [0.5, 0.6) is 0 Å². The fraction of sp³-hybridized carbons (Fsp3) is 0.357. The van der Waals surface area contributed by atoms with Gasteiger partial charge < -0.3 is 5.73 Å². The van der Waals surface area contributed by atoms with Gasteiger partial charge in [0.1, 0.15) is 11.3 Å². The first kappa shape index (κ1) is 12.8. The van der Waals surface area contributed by atoms with Crippen molar-refractivity contribution in [2.45, 2.75) is 32.1 Å². The molecule has 0 bridgehead atoms. The molecule has 2 N–H and O–H groups in total. The summed E-state index contributed by atoms with van der Waals surface area (Å²) in [5.74, 6) is -1.07. The van der Waals surface area contributed by atoms with E-state index in [1.54, 1.807) is 0 Å². The van der Waals surface area contributed by atoms with Crippen molar-refractivity contribution < 1.29 is 8.78 Å². The van der Waals surface area contributed by atoms with Crippen LogP contribution < -0.4 is 5.73 Å². The van der Waals surface area contributed by atoms with Crippen LogP contribution in [0.4, 0.5) is 14.5 Å². The second-order valence-corrected chi connectivity index (χ2v) is 5.74. The van der Waals surface area contributed by atoms with E-state index in [0.29, 0.717) is 5.69 Å². The summed E-state index contributed by atoms with van der Waals surface area (Å²) < 4.78 is 28.2. The highest BCUT2D eigenvalue weighted by Crippen LogP contribution is 2.35. The minimum Gasteiger partial charge on any atom is -0.398 e. The molecule has 5 heteroatoms. The summed E-state index contributed by atoms with van der Waals surface area (Å²) in [6, 6.07) is 1.10. The van der Waals surface area contributed by atoms with Gasteiger partial charge in [-0.05, 0) is 53.2 Å². The van der Waals surface area contributed by atoms with Gasteiger partial charge in [0.15, 0.2) is 5.82 Å². The van der Waals surface area contributed by atoms with Gasteiger partial charge in [0, 0.05) is 11.4 Å². The van der Waals surface area contributed by atoms with Crippen LogP contribution in [0, 0.1) is 11.6 Å². The Bertz CT molecular complexity index is 671. The number of aromatic nitrogens is 1. The number of hydrogen-bond acceptors (Lipinski definition) is 2. The van der Waals surface area contributed by atoms with Gasteiger partial charge in [-0.3, -0.25) is 0 Å². The Morgan fingerprint density at radius 1 is 1.16 bits per heavy atom. The first-order valence-corrected chi connectivity index (χ1v) is 7.13. The van der Waals surface area contributed by atoms with E-state index in [1.165, 1.54) is 0 Å². The van der Waals surface area contributed by atoms with Crippen molar-refractivity contribution >= 4 is 32.5 Å². The molecule has 1 aliphatic carbocycles. The largest absolute Gasteiger partial charge is 0.398 e. The number of anilines is 1. The minimum absolute atomic E-state index is 0.0406. The predicted molar refractivity (Wildman–Crippen MR) is 75.0 cm³/mol. The minimum atomic E-state index is -0.540. The molecule has 0 fully saturated rings. The van der Waals surface area contributed by atoms with Crippen molar-refractivity contribution in [3.05, 3.63) is 33.4 Å². The SMILES string of the molecule is Nc1c2c(nc3c(F)cc(Br)c(F)c13)CCCCC2. The molecule has 1 aliphatic rings. The van der Waals surface area contributed by atoms with Gasteiger partial charge in [0.2, 0.25) is 0 Å². The molecule has 0 amide bonds. The van der Waals surface area contributed by atoms with Crippen LogP contribution in [0.3, 0.4) is 0 Å². The van der Waals surface area contributed by atoms with Gasteiger partial charge in [-0.15, -0.1) is 0 Å². The summed E-state index contributed by atoms with van der Waals surface area (Å²) in [4.78, 5) is 4.32. The number of nitrogens with zero attached hydrogens (tertiary/aromatic N) is 1. The fourth-order valence-electron chi connectivity index (χ4n) is 2.71. The number of nitrogen functional groups attached to an aromatic ring is 1. The van der Waals surface area contributed by atoms with Gasteiger partial charge in [-0.25, -0.2) is 13.8 Å². The van der Waals surface area contributed by atoms with Gasteiger partial charge in [0.25, 0.3) is 0 Å². The van der Waals surface area contributed by atoms with Crippen LogP contribution in [0.15, 0.2) is 10.5 Å². The third-order valence-corrected chi connectivity index (χ3v) is 4.25. The Kier molecular flexibility index (Phi) is 3.17. The van der Waals surface area contributed by atoms with Crippen molar-refractivity contribution in [2.24, 2.45) is 0 Å². The molecule has 3 rings (SSSR count). The molecule has 1 aromatic heterocycles. The molecular formula is C14H13BrF2N2. The van der Waals surface area contributed by atoms with E-state index in [0.717, 1.165) is 49.4 Å². The predicted octanol–water partition coefficient (Wildman–Crippen LogP) is 4.13. The Morgan fingerprint density at radius 2 is 1.89 bits per heavy atom. The van der Waals surface area contributed by atoms with Gasteiger partial charge in [0.05, 0.1) is 9.86 Å². The highest BCUT2D eigenvalue weighted by molar-refractivity contribution is 9.10. The summed E-state index contributed by atoms with van der Waals surface area (Å²) in [5, 5.41) is 0.104. The number of benzene rings is 1. The van der Waals surface area contributed by atoms with Crippen molar-refractivity contribution in [3.8, 4) is 0 Å². The summed E-state index contributed by atoms with van der Waals surface area (Å²) in [7, 11) is 0. The van der Waals surface area contributed by atoms with Crippen LogP contribution >= 0.6 is 15.9 Å². The summed E-state index contributed by atoms with van der Waals surface area (Å²) in [6.07, 6.45) is 4.71. The molecule has 0 aliphatic heterocycles. The number of nitrogens with two attached hydrogens (primary N) is 1. The number of fused-ring (bicyclic) bond motifs is 2. The number of rotatable bonds is 0. The van der Waals surface area contributed by atoms with Crippen LogP contribution in [0.1, 0.15) is 30.5 Å². The molecule has 1 heterocycles. The van der Waals surface area contributed by atoms with Gasteiger partial charge in [-0.2, -0.15) is 0 Å². The quantitative estimate of drug-likeness (QED) is 0.584. The van der Waals surface area contributed by atoms with Crippen LogP contribution in [-0.2, 0) is 12.8 Å². The molecule has 0 saturated carbocycles. The zero-order valence-corrected chi connectivity index (χ0v) is 11.9. The van der Waals surface area contributed by atoms with Crippen LogP contribution in [0.25, 0.3) is 10.9 Å². The molecule has 19 heavy (non-hydrogen) atoms. The zero-order chi connectivity index (χ0) is 13.6. The van der Waals surface area contributed by atoms with E-state index in [-0.39, 0.29) is 15.4 Å². The maximum Gasteiger partial charge on any atom is 0.150 e. The van der Waals surface area contributed by atoms with Gasteiger partial charge in [-0.1, -0.05) is 6.42 Å². The number of halogens is 3. The lowest BCUT2D eigenvalue weighted by Crippen LogP contribution is -2.05. The molecule has 100 valence electrons. The average molecular weight is 327 g/mol. The lowest BCUT2D eigenvalue weighted by molar-refractivity contribution is 0.609. The lowest BCUT2D eigenvalue weighted by Gasteiger charge is -2.13. The molecule has 0 saturated heterocycles. The second kappa shape index (κ2) is 4.71. The summed E-state index contributed by atoms with van der Waals surface area (Å²) in [6.45, 7) is 0. The van der Waals surface area contributed by atoms with Crippen LogP contribution in [0.2, 0.25) is 0 Å². The van der Waals surface area contributed by atoms with E-state index in [9.17, 15) is 8.78 Å². The lowest BCUT2D eigenvalue weighted by atomic mass is 10.0. The Hall–Kier alpha value is -1.23. The first-order valence-electron chi connectivity index (χ1n) is 6.34. The van der Waals surface area contributed by atoms with E-state index < -0.39 is 11.6 Å². The maximum atomic E-state index is 14.2. The second-order valence-electron chi connectivity index (χ2n) is 4.89. The fourth-order valence-corrected chi connectivity index (χ4v) is 3.11. The van der Waals surface area contributed by atoms with Crippen LogP contribution in [-0.4, -0.2) is 4.98 Å². The monoisotopic (exact) mass is 326 g/mol. The summed E-state index contributed by atoms with van der Waals surface area (Å²) in [5.41, 5.74) is 8.18. The standard InChI is InChI=1S/C14H13BrF2N2/c15-8-6-9(16)14-11(12(8)17)13(18)7-4-2-1-3-5-10(7)19-14/h6H,1-5H2,(H2,18,19). The molecular weight excluding hydrogens is 314 g/mol. The number of aryl methyl sites for hydroxylation is 1. The Balaban J connectivity index is 2.41. The van der Waals surface area contributed by atoms with Crippen molar-refractivity contribution in [1.82, 2.24) is 4.98 Å². The highest BCUT2D eigenvalue weighted by atomic mass is 79.9. The molecule has 0 atom stereocenters. The van der Waals surface area contributed by atoms with E-state index in [1.807, 2.05) is 0 Å².